The Hall–Kier alpha value is -2.95. The second-order valence-corrected chi connectivity index (χ2v) is 4.90. The summed E-state index contributed by atoms with van der Waals surface area (Å²) in [4.78, 5) is 23.8. The van der Waals surface area contributed by atoms with Crippen LogP contribution in [-0.2, 0) is 0 Å². The number of nitrogens with zero attached hydrogens (tertiary/aromatic N) is 1. The minimum absolute atomic E-state index is 0.191. The first kappa shape index (κ1) is 15.4. The van der Waals surface area contributed by atoms with E-state index in [1.165, 1.54) is 0 Å². The van der Waals surface area contributed by atoms with E-state index in [0.717, 1.165) is 5.71 Å². The number of hydrazone groups is 1. The third-order valence-corrected chi connectivity index (χ3v) is 2.82. The predicted molar refractivity (Wildman–Crippen MR) is 87.1 cm³/mol. The topological polar surface area (TPSA) is 70.6 Å². The summed E-state index contributed by atoms with van der Waals surface area (Å²) in [6, 6.07) is 15.6. The van der Waals surface area contributed by atoms with Crippen molar-refractivity contribution in [2.24, 2.45) is 5.10 Å². The summed E-state index contributed by atoms with van der Waals surface area (Å²) in [5.74, 6) is -0.480. The van der Waals surface area contributed by atoms with Gasteiger partial charge in [-0.15, -0.1) is 0 Å². The largest absolute Gasteiger partial charge is 0.322 e. The molecule has 2 aromatic carbocycles. The smallest absolute Gasteiger partial charge is 0.271 e. The molecule has 0 atom stereocenters. The van der Waals surface area contributed by atoms with Gasteiger partial charge in [-0.25, -0.2) is 5.43 Å². The van der Waals surface area contributed by atoms with Crippen LogP contribution in [0, 0.1) is 0 Å². The van der Waals surface area contributed by atoms with Crippen LogP contribution in [0.4, 0.5) is 5.69 Å². The maximum Gasteiger partial charge on any atom is 0.271 e. The normalized spacial score (nSPS) is 9.73. The quantitative estimate of drug-likeness (QED) is 0.672. The maximum absolute atomic E-state index is 12.0. The fraction of sp³-hybridized carbons (Fsp3) is 0.118. The van der Waals surface area contributed by atoms with E-state index in [9.17, 15) is 9.59 Å². The van der Waals surface area contributed by atoms with Gasteiger partial charge in [-0.3, -0.25) is 9.59 Å². The Morgan fingerprint density at radius 2 is 1.41 bits per heavy atom. The van der Waals surface area contributed by atoms with Gasteiger partial charge in [0.2, 0.25) is 0 Å². The van der Waals surface area contributed by atoms with Crippen LogP contribution in [0.3, 0.4) is 0 Å². The highest BCUT2D eigenvalue weighted by Gasteiger charge is 2.07. The molecule has 0 aromatic heterocycles. The standard InChI is InChI=1S/C17H17N3O2/c1-12(2)19-20-17(22)14-8-10-15(11-9-14)18-16(21)13-6-4-3-5-7-13/h3-11H,1-2H3,(H,18,21)(H,20,22). The zero-order valence-corrected chi connectivity index (χ0v) is 12.5. The van der Waals surface area contributed by atoms with Crippen LogP contribution in [0.2, 0.25) is 0 Å². The van der Waals surface area contributed by atoms with Crippen LogP contribution in [0.15, 0.2) is 59.7 Å². The Morgan fingerprint density at radius 1 is 0.818 bits per heavy atom. The molecule has 22 heavy (non-hydrogen) atoms. The lowest BCUT2D eigenvalue weighted by Gasteiger charge is -2.06. The molecule has 2 N–H and O–H groups in total. The number of carbonyl (C=O) groups excluding carboxylic acids is 2. The molecule has 2 amide bonds. The molecule has 5 nitrogen and oxygen atoms in total. The summed E-state index contributed by atoms with van der Waals surface area (Å²) in [7, 11) is 0. The van der Waals surface area contributed by atoms with Crippen LogP contribution < -0.4 is 10.7 Å². The second-order valence-electron chi connectivity index (χ2n) is 4.90. The highest BCUT2D eigenvalue weighted by molar-refractivity contribution is 6.04. The van der Waals surface area contributed by atoms with Crippen molar-refractivity contribution in [3.05, 3.63) is 65.7 Å². The second kappa shape index (κ2) is 7.17. The molecule has 0 aliphatic heterocycles. The van der Waals surface area contributed by atoms with Crippen LogP contribution >= 0.6 is 0 Å². The average Bonchev–Trinajstić information content (AvgIpc) is 2.54. The van der Waals surface area contributed by atoms with Crippen molar-refractivity contribution in [1.82, 2.24) is 5.43 Å². The summed E-state index contributed by atoms with van der Waals surface area (Å²) in [6.07, 6.45) is 0. The van der Waals surface area contributed by atoms with Crippen LogP contribution in [-0.4, -0.2) is 17.5 Å². The molecule has 2 aromatic rings. The van der Waals surface area contributed by atoms with Gasteiger partial charge in [0.15, 0.2) is 0 Å². The first-order valence-corrected chi connectivity index (χ1v) is 6.84. The number of nitrogens with one attached hydrogen (secondary N) is 2. The van der Waals surface area contributed by atoms with Crippen LogP contribution in [0.5, 0.6) is 0 Å². The average molecular weight is 295 g/mol. The molecule has 5 heteroatoms. The number of rotatable bonds is 4. The number of carbonyl (C=O) groups is 2. The summed E-state index contributed by atoms with van der Waals surface area (Å²) >= 11 is 0. The number of hydrogen-bond donors (Lipinski definition) is 2. The van der Waals surface area contributed by atoms with E-state index in [1.807, 2.05) is 6.07 Å². The van der Waals surface area contributed by atoms with Gasteiger partial charge in [0.05, 0.1) is 0 Å². The Morgan fingerprint density at radius 3 is 2.00 bits per heavy atom. The van der Waals surface area contributed by atoms with E-state index in [-0.39, 0.29) is 11.8 Å². The first-order valence-electron chi connectivity index (χ1n) is 6.84. The van der Waals surface area contributed by atoms with E-state index in [0.29, 0.717) is 16.8 Å². The molecule has 112 valence electrons. The molecular formula is C17H17N3O2. The molecule has 0 bridgehead atoms. The monoisotopic (exact) mass is 295 g/mol. The molecule has 0 saturated carbocycles. The molecule has 0 unspecified atom stereocenters. The predicted octanol–water partition coefficient (Wildman–Crippen LogP) is 3.06. The summed E-state index contributed by atoms with van der Waals surface area (Å²) in [5.41, 5.74) is 4.89. The molecule has 0 fully saturated rings. The minimum Gasteiger partial charge on any atom is -0.322 e. The summed E-state index contributed by atoms with van der Waals surface area (Å²) in [5, 5.41) is 6.64. The van der Waals surface area contributed by atoms with Crippen LogP contribution in [0.25, 0.3) is 0 Å². The van der Waals surface area contributed by atoms with Gasteiger partial charge in [-0.2, -0.15) is 5.10 Å². The highest BCUT2D eigenvalue weighted by Crippen LogP contribution is 2.11. The van der Waals surface area contributed by atoms with Gasteiger partial charge in [-0.1, -0.05) is 18.2 Å². The number of hydrogen-bond acceptors (Lipinski definition) is 3. The molecule has 0 aliphatic rings. The summed E-state index contributed by atoms with van der Waals surface area (Å²) < 4.78 is 0. The van der Waals surface area contributed by atoms with Crippen molar-refractivity contribution in [3.63, 3.8) is 0 Å². The van der Waals surface area contributed by atoms with Gasteiger partial charge < -0.3 is 5.32 Å². The first-order chi connectivity index (χ1) is 10.6. The van der Waals surface area contributed by atoms with Gasteiger partial charge in [-0.05, 0) is 50.2 Å². The molecule has 2 rings (SSSR count). The fourth-order valence-electron chi connectivity index (χ4n) is 1.72. The fourth-order valence-corrected chi connectivity index (χ4v) is 1.72. The molecule has 0 saturated heterocycles. The van der Waals surface area contributed by atoms with Crippen LogP contribution in [0.1, 0.15) is 34.6 Å². The Balaban J connectivity index is 2.02. The van der Waals surface area contributed by atoms with E-state index in [2.05, 4.69) is 15.8 Å². The zero-order valence-electron chi connectivity index (χ0n) is 12.5. The minimum atomic E-state index is -0.290. The molecule has 0 heterocycles. The SMILES string of the molecule is CC(C)=NNC(=O)c1ccc(NC(=O)c2ccccc2)cc1. The Labute approximate surface area is 129 Å². The Bertz CT molecular complexity index is 688. The number of amides is 2. The van der Waals surface area contributed by atoms with E-state index in [1.54, 1.807) is 62.4 Å². The van der Waals surface area contributed by atoms with Crippen molar-refractivity contribution >= 4 is 23.2 Å². The van der Waals surface area contributed by atoms with Gasteiger partial charge in [0.1, 0.15) is 0 Å². The van der Waals surface area contributed by atoms with E-state index < -0.39 is 0 Å². The summed E-state index contributed by atoms with van der Waals surface area (Å²) in [6.45, 7) is 3.59. The van der Waals surface area contributed by atoms with Crippen molar-refractivity contribution in [2.45, 2.75) is 13.8 Å². The van der Waals surface area contributed by atoms with Gasteiger partial charge in [0.25, 0.3) is 11.8 Å². The van der Waals surface area contributed by atoms with Gasteiger partial charge >= 0.3 is 0 Å². The zero-order chi connectivity index (χ0) is 15.9. The molecule has 0 radical (unpaired) electrons. The van der Waals surface area contributed by atoms with Crippen molar-refractivity contribution in [3.8, 4) is 0 Å². The van der Waals surface area contributed by atoms with Crippen molar-refractivity contribution < 1.29 is 9.59 Å². The van der Waals surface area contributed by atoms with E-state index >= 15 is 0 Å². The molecular weight excluding hydrogens is 278 g/mol. The lowest BCUT2D eigenvalue weighted by molar-refractivity contribution is 0.0954. The lowest BCUT2D eigenvalue weighted by atomic mass is 10.2. The third-order valence-electron chi connectivity index (χ3n) is 2.82. The number of anilines is 1. The molecule has 0 spiro atoms. The lowest BCUT2D eigenvalue weighted by Crippen LogP contribution is -2.18. The van der Waals surface area contributed by atoms with Crippen molar-refractivity contribution in [1.29, 1.82) is 0 Å². The van der Waals surface area contributed by atoms with E-state index in [4.69, 9.17) is 0 Å². The maximum atomic E-state index is 12.0. The van der Waals surface area contributed by atoms with Crippen molar-refractivity contribution in [2.75, 3.05) is 5.32 Å². The Kier molecular flexibility index (Phi) is 5.03. The molecule has 0 aliphatic carbocycles. The third kappa shape index (κ3) is 4.28. The number of benzene rings is 2. The highest BCUT2D eigenvalue weighted by atomic mass is 16.2. The van der Waals surface area contributed by atoms with Gasteiger partial charge in [0, 0.05) is 22.5 Å².